The molecule has 0 fully saturated rings. The first-order chi connectivity index (χ1) is 41.5. The highest BCUT2D eigenvalue weighted by Crippen LogP contribution is 2.41. The summed E-state index contributed by atoms with van der Waals surface area (Å²) in [5.74, 6) is 1.27. The lowest BCUT2D eigenvalue weighted by molar-refractivity contribution is -0.571. The second-order valence-corrected chi connectivity index (χ2v) is 17.6. The van der Waals surface area contributed by atoms with Gasteiger partial charge in [-0.2, -0.15) is 0 Å². The van der Waals surface area contributed by atoms with Crippen LogP contribution < -0.4 is 9.30 Å². The lowest BCUT2D eigenvalue weighted by atomic mass is 9.95. The third-order valence-corrected chi connectivity index (χ3v) is 13.4. The number of fused-ring (bicyclic) bond motifs is 7. The van der Waals surface area contributed by atoms with Crippen molar-refractivity contribution in [2.45, 2.75) is 6.85 Å². The second-order valence-electron chi connectivity index (χ2n) is 17.6. The van der Waals surface area contributed by atoms with Crippen LogP contribution in [-0.2, 0) is 0 Å². The van der Waals surface area contributed by atoms with E-state index in [4.69, 9.17) is 27.5 Å². The monoisotopic (exact) mass is 948 g/mol. The van der Waals surface area contributed by atoms with Crippen molar-refractivity contribution in [1.29, 1.82) is 0 Å². The molecule has 0 unspecified atom stereocenters. The molecule has 0 aliphatic rings. The van der Waals surface area contributed by atoms with Crippen molar-refractivity contribution in [3.05, 3.63) is 267 Å². The molecule has 0 N–H and O–H groups in total. The maximum atomic E-state index is 9.08. The molecule has 73 heavy (non-hydrogen) atoms. The van der Waals surface area contributed by atoms with Gasteiger partial charge in [-0.1, -0.05) is 194 Å². The van der Waals surface area contributed by atoms with Gasteiger partial charge in [0.2, 0.25) is 0 Å². The lowest BCUT2D eigenvalue weighted by Crippen LogP contribution is -2.31. The van der Waals surface area contributed by atoms with E-state index in [2.05, 4.69) is 24.5 Å². The van der Waals surface area contributed by atoms with Crippen LogP contribution in [0.5, 0.6) is 11.5 Å². The number of para-hydroxylation sites is 6. The first-order valence-corrected chi connectivity index (χ1v) is 23.6. The van der Waals surface area contributed by atoms with E-state index in [0.29, 0.717) is 45.2 Å². The number of pyridine rings is 1. The molecule has 10 aromatic carbocycles. The van der Waals surface area contributed by atoms with E-state index in [1.807, 2.05) is 137 Å². The molecule has 0 saturated heterocycles. The number of benzene rings is 10. The summed E-state index contributed by atoms with van der Waals surface area (Å²) in [6.45, 7) is -2.58. The van der Waals surface area contributed by atoms with E-state index in [1.165, 1.54) is 0 Å². The Morgan fingerprint density at radius 1 is 0.493 bits per heavy atom. The van der Waals surface area contributed by atoms with Gasteiger partial charge in [0.15, 0.2) is 0 Å². The molecular weight excluding hydrogens is 891 g/mol. The normalized spacial score (nSPS) is 14.3. The Balaban J connectivity index is 0.904. The Morgan fingerprint density at radius 2 is 1.10 bits per heavy atom. The summed E-state index contributed by atoms with van der Waals surface area (Å²) < 4.78 is 129. The average molecular weight is 949 g/mol. The molecule has 0 amide bonds. The largest absolute Gasteiger partial charge is 0.458 e. The summed E-state index contributed by atoms with van der Waals surface area (Å²) in [5, 5.41) is 3.75. The molecule has 344 valence electrons. The van der Waals surface area contributed by atoms with Crippen molar-refractivity contribution < 1.29 is 27.1 Å². The number of aromatic nitrogens is 5. The molecule has 0 saturated carbocycles. The Kier molecular flexibility index (Phi) is 7.27. The van der Waals surface area contributed by atoms with Crippen LogP contribution in [-0.4, -0.2) is 18.7 Å². The number of ether oxygens (including phenoxy) is 1. The topological polar surface area (TPSA) is 40.8 Å². The summed E-state index contributed by atoms with van der Waals surface area (Å²) in [7, 11) is 0. The Hall–Kier alpha value is -9.78. The number of imidazole rings is 1. The van der Waals surface area contributed by atoms with Gasteiger partial charge in [0.05, 0.1) is 70.1 Å². The van der Waals surface area contributed by atoms with Gasteiger partial charge in [-0.05, 0) is 88.8 Å². The van der Waals surface area contributed by atoms with E-state index in [0.717, 1.165) is 49.2 Å². The Bertz CT molecular complexity index is 5020. The molecule has 6 nitrogen and oxygen atoms in total. The quantitative estimate of drug-likeness (QED) is 0.107. The van der Waals surface area contributed by atoms with Crippen molar-refractivity contribution in [3.8, 4) is 67.8 Å². The van der Waals surface area contributed by atoms with Crippen LogP contribution in [0, 0.1) is 13.2 Å². The van der Waals surface area contributed by atoms with E-state index in [-0.39, 0.29) is 33.5 Å². The summed E-state index contributed by atoms with van der Waals surface area (Å²) in [5.41, 5.74) is 7.45. The fraction of sp³-hybridized carbons (Fsp3) is 0.0149. The van der Waals surface area contributed by atoms with Crippen LogP contribution in [0.1, 0.15) is 23.4 Å². The Morgan fingerprint density at radius 3 is 1.85 bits per heavy atom. The smallest absolute Gasteiger partial charge is 0.269 e. The molecular formula is C67H45N5O. The number of hydrogen-bond donors (Lipinski definition) is 0. The minimum Gasteiger partial charge on any atom is -0.458 e. The zero-order valence-corrected chi connectivity index (χ0v) is 38.6. The number of hydrogen-bond acceptors (Lipinski definition) is 2. The molecule has 0 aliphatic carbocycles. The van der Waals surface area contributed by atoms with Crippen molar-refractivity contribution >= 4 is 54.6 Å². The third-order valence-electron chi connectivity index (χ3n) is 13.4. The van der Waals surface area contributed by atoms with Gasteiger partial charge in [0.1, 0.15) is 17.3 Å². The van der Waals surface area contributed by atoms with E-state index >= 15 is 0 Å². The van der Waals surface area contributed by atoms with Crippen LogP contribution in [0.25, 0.3) is 111 Å². The minimum absolute atomic E-state index is 0.113. The molecule has 0 radical (unpaired) electrons. The van der Waals surface area contributed by atoms with Gasteiger partial charge in [-0.25, -0.2) is 4.98 Å². The van der Waals surface area contributed by atoms with Gasteiger partial charge in [-0.15, -0.1) is 0 Å². The van der Waals surface area contributed by atoms with Crippen molar-refractivity contribution in [2.24, 2.45) is 0 Å². The summed E-state index contributed by atoms with van der Waals surface area (Å²) >= 11 is 0. The van der Waals surface area contributed by atoms with Gasteiger partial charge in [-0.3, -0.25) is 13.7 Å². The average Bonchev–Trinajstić information content (AvgIpc) is 1.60. The molecule has 6 heteroatoms. The first kappa shape index (κ1) is 30.7. The highest BCUT2D eigenvalue weighted by Gasteiger charge is 2.22. The molecule has 0 bridgehead atoms. The number of aryl methyl sites for hydroxylation is 1. The lowest BCUT2D eigenvalue weighted by Gasteiger charge is -2.17. The molecule has 4 heterocycles. The fourth-order valence-corrected chi connectivity index (χ4v) is 10.3. The number of nitrogens with zero attached hydrogens (tertiary/aromatic N) is 5. The molecule has 0 atom stereocenters. The van der Waals surface area contributed by atoms with Crippen LogP contribution >= 0.6 is 0 Å². The fourth-order valence-electron chi connectivity index (χ4n) is 10.3. The summed E-state index contributed by atoms with van der Waals surface area (Å²) in [6.07, 6.45) is 5.09. The van der Waals surface area contributed by atoms with Crippen LogP contribution in [0.3, 0.4) is 0 Å². The van der Waals surface area contributed by atoms with Crippen molar-refractivity contribution in [2.75, 3.05) is 0 Å². The first-order valence-electron chi connectivity index (χ1n) is 30.1. The minimum atomic E-state index is -2.58. The number of rotatable bonds is 9. The van der Waals surface area contributed by atoms with Crippen molar-refractivity contribution in [3.63, 3.8) is 0 Å². The summed E-state index contributed by atoms with van der Waals surface area (Å²) in [4.78, 5) is 5.12. The second kappa shape index (κ2) is 17.3. The molecule has 4 aromatic heterocycles. The zero-order valence-electron chi connectivity index (χ0n) is 51.6. The SMILES string of the molecule is [2H]c1c([2H])c([2H])c(-c2cccc(-c3c([2H])c([2H])c([2H])c([2H])c3[2H])c2-[n+]2[c-]n(-c3cccc(Oc4ccc5c6ccccc6n(-c6cc(C([2H])([2H])[2H])c(-n7c8ccccc8c8cccc(-c9ccccc9)c87)cn6)c5c4)c3)c3ccccc32)c([2H])c1[2H]. The maximum absolute atomic E-state index is 9.08. The standard InChI is InChI=1S/C67H45N5O/c1-45-40-65(68-43-64(45)72-60-35-14-12-29-56(60)58-33-19-32-54(67(58)72)48-24-9-4-10-25-48)71-59-34-13-11-28-55(59)57-39-38-51(42-63(57)71)73-50-27-17-26-49(41-50)69-44-70(62-37-16-15-36-61(62)69)66-52(46-20-5-2-6-21-46)30-18-31-53(66)47-22-7-3-8-23-47/h2-43H,1H3/i1D3,2D,3D,5D,6D,7D,8D,20D,21D,22D,23D. The molecule has 14 aromatic rings. The molecule has 0 spiro atoms. The van der Waals surface area contributed by atoms with Crippen LogP contribution in [0.2, 0.25) is 0 Å². The van der Waals surface area contributed by atoms with Gasteiger partial charge in [0.25, 0.3) is 6.33 Å². The molecule has 14 rings (SSSR count). The van der Waals surface area contributed by atoms with E-state index in [1.54, 1.807) is 57.8 Å². The highest BCUT2D eigenvalue weighted by molar-refractivity contribution is 6.14. The van der Waals surface area contributed by atoms with Crippen LogP contribution in [0.15, 0.2) is 255 Å². The van der Waals surface area contributed by atoms with E-state index in [9.17, 15) is 0 Å². The predicted molar refractivity (Wildman–Crippen MR) is 298 cm³/mol. The van der Waals surface area contributed by atoms with Crippen LogP contribution in [0.4, 0.5) is 0 Å². The summed E-state index contributed by atoms with van der Waals surface area (Å²) in [6, 6.07) is 53.3. The van der Waals surface area contributed by atoms with Gasteiger partial charge < -0.3 is 9.30 Å². The maximum Gasteiger partial charge on any atom is 0.269 e. The van der Waals surface area contributed by atoms with Gasteiger partial charge in [0, 0.05) is 37.3 Å². The Labute approximate surface area is 440 Å². The van der Waals surface area contributed by atoms with E-state index < -0.39 is 67.3 Å². The molecule has 0 aliphatic heterocycles. The third kappa shape index (κ3) is 7.02. The van der Waals surface area contributed by atoms with Crippen molar-refractivity contribution in [1.82, 2.24) is 18.7 Å². The zero-order chi connectivity index (χ0) is 59.6. The highest BCUT2D eigenvalue weighted by atomic mass is 16.5. The van der Waals surface area contributed by atoms with Gasteiger partial charge >= 0.3 is 0 Å². The predicted octanol–water partition coefficient (Wildman–Crippen LogP) is 16.4.